The molecular formula is C18H30IN5O. The highest BCUT2D eigenvalue weighted by Crippen LogP contribution is 2.15. The van der Waals surface area contributed by atoms with Crippen LogP contribution < -0.4 is 10.2 Å². The number of aliphatic imine (C=N–C) groups is 1. The summed E-state index contributed by atoms with van der Waals surface area (Å²) in [5.41, 5.74) is 1.21. The molecule has 0 atom stereocenters. The fraction of sp³-hybridized carbons (Fsp3) is 0.667. The van der Waals surface area contributed by atoms with Crippen molar-refractivity contribution in [3.05, 3.63) is 23.9 Å². The number of ether oxygens (including phenoxy) is 1. The number of rotatable bonds is 5. The zero-order valence-electron chi connectivity index (χ0n) is 15.1. The summed E-state index contributed by atoms with van der Waals surface area (Å²) in [6.07, 6.45) is 5.54. The molecule has 0 aliphatic carbocycles. The summed E-state index contributed by atoms with van der Waals surface area (Å²) < 4.78 is 5.42. The maximum Gasteiger partial charge on any atom is 0.194 e. The molecule has 1 N–H and O–H groups in total. The summed E-state index contributed by atoms with van der Waals surface area (Å²) in [7, 11) is 0. The zero-order chi connectivity index (χ0) is 16.6. The predicted molar refractivity (Wildman–Crippen MR) is 113 cm³/mol. The monoisotopic (exact) mass is 459 g/mol. The van der Waals surface area contributed by atoms with Gasteiger partial charge >= 0.3 is 0 Å². The SMILES string of the molecule is CCCNC(=NCc1ccnc(N2CCOCC2)c1)N1CCCC1.I. The Labute approximate surface area is 168 Å². The highest BCUT2D eigenvalue weighted by Gasteiger charge is 2.16. The topological polar surface area (TPSA) is 53.0 Å². The highest BCUT2D eigenvalue weighted by molar-refractivity contribution is 14.0. The molecule has 1 aromatic rings. The van der Waals surface area contributed by atoms with Gasteiger partial charge in [0.25, 0.3) is 0 Å². The van der Waals surface area contributed by atoms with Gasteiger partial charge in [0.2, 0.25) is 0 Å². The number of halogens is 1. The van der Waals surface area contributed by atoms with Crippen molar-refractivity contribution in [3.8, 4) is 0 Å². The van der Waals surface area contributed by atoms with Gasteiger partial charge in [-0.1, -0.05) is 6.92 Å². The van der Waals surface area contributed by atoms with Gasteiger partial charge in [0.05, 0.1) is 19.8 Å². The van der Waals surface area contributed by atoms with E-state index < -0.39 is 0 Å². The lowest BCUT2D eigenvalue weighted by Gasteiger charge is -2.28. The third-order valence-electron chi connectivity index (χ3n) is 4.50. The molecule has 3 heterocycles. The van der Waals surface area contributed by atoms with E-state index in [1.165, 1.54) is 18.4 Å². The van der Waals surface area contributed by atoms with Crippen molar-refractivity contribution in [2.45, 2.75) is 32.7 Å². The standard InChI is InChI=1S/C18H29N5O.HI/c1-2-6-20-18(23-8-3-4-9-23)21-15-16-5-7-19-17(14-16)22-10-12-24-13-11-22;/h5,7,14H,2-4,6,8-13,15H2,1H3,(H,20,21);1H. The van der Waals surface area contributed by atoms with E-state index in [-0.39, 0.29) is 24.0 Å². The first-order valence-electron chi connectivity index (χ1n) is 9.17. The molecule has 140 valence electrons. The second-order valence-corrected chi connectivity index (χ2v) is 6.38. The molecule has 0 unspecified atom stereocenters. The summed E-state index contributed by atoms with van der Waals surface area (Å²) in [6, 6.07) is 4.23. The molecule has 25 heavy (non-hydrogen) atoms. The van der Waals surface area contributed by atoms with Gasteiger partial charge in [0, 0.05) is 38.9 Å². The minimum absolute atomic E-state index is 0. The summed E-state index contributed by atoms with van der Waals surface area (Å²) in [5.74, 6) is 2.09. The molecule has 0 spiro atoms. The zero-order valence-corrected chi connectivity index (χ0v) is 17.4. The Morgan fingerprint density at radius 1 is 1.24 bits per heavy atom. The number of likely N-dealkylation sites (tertiary alicyclic amines) is 1. The first-order chi connectivity index (χ1) is 11.9. The van der Waals surface area contributed by atoms with E-state index in [0.29, 0.717) is 6.54 Å². The number of morpholine rings is 1. The number of aromatic nitrogens is 1. The minimum Gasteiger partial charge on any atom is -0.378 e. The van der Waals surface area contributed by atoms with Crippen LogP contribution in [-0.2, 0) is 11.3 Å². The third kappa shape index (κ3) is 5.99. The fourth-order valence-corrected chi connectivity index (χ4v) is 3.12. The first kappa shape index (κ1) is 20.2. The Kier molecular flexibility index (Phi) is 8.74. The number of pyridine rings is 1. The van der Waals surface area contributed by atoms with Crippen LogP contribution in [0.4, 0.5) is 5.82 Å². The van der Waals surface area contributed by atoms with E-state index in [1.54, 1.807) is 0 Å². The number of hydrogen-bond donors (Lipinski definition) is 1. The molecule has 7 heteroatoms. The van der Waals surface area contributed by atoms with Gasteiger partial charge < -0.3 is 19.9 Å². The van der Waals surface area contributed by atoms with E-state index in [2.05, 4.69) is 39.2 Å². The van der Waals surface area contributed by atoms with E-state index in [1.807, 2.05) is 6.20 Å². The Bertz CT molecular complexity index is 542. The van der Waals surface area contributed by atoms with Crippen molar-refractivity contribution in [2.24, 2.45) is 4.99 Å². The average Bonchev–Trinajstić information content (AvgIpc) is 3.17. The molecule has 0 bridgehead atoms. The van der Waals surface area contributed by atoms with Crippen LogP contribution >= 0.6 is 24.0 Å². The smallest absolute Gasteiger partial charge is 0.194 e. The lowest BCUT2D eigenvalue weighted by Crippen LogP contribution is -2.40. The van der Waals surface area contributed by atoms with E-state index in [0.717, 1.165) is 64.1 Å². The van der Waals surface area contributed by atoms with Gasteiger partial charge in [0.1, 0.15) is 5.82 Å². The second kappa shape index (κ2) is 10.8. The molecule has 1 aromatic heterocycles. The van der Waals surface area contributed by atoms with Gasteiger partial charge in [-0.15, -0.1) is 24.0 Å². The largest absolute Gasteiger partial charge is 0.378 e. The van der Waals surface area contributed by atoms with Gasteiger partial charge in [-0.2, -0.15) is 0 Å². The lowest BCUT2D eigenvalue weighted by molar-refractivity contribution is 0.122. The number of guanidine groups is 1. The predicted octanol–water partition coefficient (Wildman–Crippen LogP) is 2.49. The van der Waals surface area contributed by atoms with Crippen LogP contribution in [0.1, 0.15) is 31.7 Å². The maximum atomic E-state index is 5.42. The van der Waals surface area contributed by atoms with Crippen LogP contribution in [0.2, 0.25) is 0 Å². The Morgan fingerprint density at radius 2 is 2.00 bits per heavy atom. The van der Waals surface area contributed by atoms with Crippen LogP contribution in [0.15, 0.2) is 23.3 Å². The molecule has 0 saturated carbocycles. The highest BCUT2D eigenvalue weighted by atomic mass is 127. The average molecular weight is 459 g/mol. The number of anilines is 1. The van der Waals surface area contributed by atoms with E-state index in [9.17, 15) is 0 Å². The normalized spacial score (nSPS) is 18.2. The molecule has 6 nitrogen and oxygen atoms in total. The summed E-state index contributed by atoms with van der Waals surface area (Å²) >= 11 is 0. The molecule has 0 amide bonds. The summed E-state index contributed by atoms with van der Waals surface area (Å²) in [6.45, 7) is 9.48. The van der Waals surface area contributed by atoms with Crippen LogP contribution in [0.5, 0.6) is 0 Å². The Balaban J connectivity index is 0.00000225. The van der Waals surface area contributed by atoms with Crippen molar-refractivity contribution in [1.29, 1.82) is 0 Å². The molecule has 2 fully saturated rings. The van der Waals surface area contributed by atoms with Crippen molar-refractivity contribution in [1.82, 2.24) is 15.2 Å². The number of hydrogen-bond acceptors (Lipinski definition) is 4. The maximum absolute atomic E-state index is 5.42. The molecule has 0 aromatic carbocycles. The van der Waals surface area contributed by atoms with Crippen LogP contribution in [0.3, 0.4) is 0 Å². The Morgan fingerprint density at radius 3 is 2.72 bits per heavy atom. The summed E-state index contributed by atoms with van der Waals surface area (Å²) in [5, 5.41) is 3.49. The van der Waals surface area contributed by atoms with Crippen LogP contribution in [-0.4, -0.2) is 61.8 Å². The third-order valence-corrected chi connectivity index (χ3v) is 4.50. The van der Waals surface area contributed by atoms with Gasteiger partial charge in [-0.25, -0.2) is 9.98 Å². The van der Waals surface area contributed by atoms with E-state index in [4.69, 9.17) is 9.73 Å². The fourth-order valence-electron chi connectivity index (χ4n) is 3.12. The molecule has 2 aliphatic heterocycles. The quantitative estimate of drug-likeness (QED) is 0.417. The number of nitrogens with one attached hydrogen (secondary N) is 1. The molecule has 3 rings (SSSR count). The lowest BCUT2D eigenvalue weighted by atomic mass is 10.2. The molecular weight excluding hydrogens is 429 g/mol. The second-order valence-electron chi connectivity index (χ2n) is 6.38. The number of nitrogens with zero attached hydrogens (tertiary/aromatic N) is 4. The molecule has 2 saturated heterocycles. The van der Waals surface area contributed by atoms with Crippen LogP contribution in [0, 0.1) is 0 Å². The van der Waals surface area contributed by atoms with E-state index >= 15 is 0 Å². The van der Waals surface area contributed by atoms with Crippen molar-refractivity contribution in [2.75, 3.05) is 50.8 Å². The first-order valence-corrected chi connectivity index (χ1v) is 9.17. The van der Waals surface area contributed by atoms with Crippen molar-refractivity contribution < 1.29 is 4.74 Å². The van der Waals surface area contributed by atoms with Crippen LogP contribution in [0.25, 0.3) is 0 Å². The van der Waals surface area contributed by atoms with Gasteiger partial charge in [-0.05, 0) is 37.0 Å². The molecule has 2 aliphatic rings. The van der Waals surface area contributed by atoms with Gasteiger partial charge in [-0.3, -0.25) is 0 Å². The minimum atomic E-state index is 0. The summed E-state index contributed by atoms with van der Waals surface area (Å²) in [4.78, 5) is 14.0. The Hall–Kier alpha value is -1.09. The van der Waals surface area contributed by atoms with Crippen molar-refractivity contribution in [3.63, 3.8) is 0 Å². The van der Waals surface area contributed by atoms with Gasteiger partial charge in [0.15, 0.2) is 5.96 Å². The molecule has 0 radical (unpaired) electrons. The van der Waals surface area contributed by atoms with Crippen molar-refractivity contribution >= 4 is 35.8 Å².